The van der Waals surface area contributed by atoms with Gasteiger partial charge in [0.2, 0.25) is 0 Å². The zero-order valence-electron chi connectivity index (χ0n) is 8.48. The van der Waals surface area contributed by atoms with Crippen molar-refractivity contribution in [2.45, 2.75) is 5.33 Å². The van der Waals surface area contributed by atoms with Crippen molar-refractivity contribution in [2.75, 3.05) is 0 Å². The number of hydrogen-bond donors (Lipinski definition) is 1. The molecule has 0 aliphatic rings. The summed E-state index contributed by atoms with van der Waals surface area (Å²) >= 11 is 10.5. The van der Waals surface area contributed by atoms with E-state index < -0.39 is 5.97 Å². The second kappa shape index (κ2) is 5.16. The summed E-state index contributed by atoms with van der Waals surface area (Å²) in [6, 6.07) is 7.08. The van der Waals surface area contributed by atoms with Gasteiger partial charge in [-0.15, -0.1) is 11.3 Å². The Morgan fingerprint density at radius 2 is 2.18 bits per heavy atom. The Bertz CT molecular complexity index is 570. The fourth-order valence-corrected chi connectivity index (χ4v) is 2.86. The van der Waals surface area contributed by atoms with Crippen LogP contribution in [0, 0.1) is 0 Å². The number of nitrogens with zero attached hydrogens (tertiary/aromatic N) is 1. The van der Waals surface area contributed by atoms with Crippen molar-refractivity contribution in [3.05, 3.63) is 39.2 Å². The zero-order valence-corrected chi connectivity index (χ0v) is 11.6. The van der Waals surface area contributed by atoms with Crippen LogP contribution in [0.3, 0.4) is 0 Å². The molecule has 2 rings (SSSR count). The van der Waals surface area contributed by atoms with E-state index in [1.807, 2.05) is 0 Å². The fourth-order valence-electron chi connectivity index (χ4n) is 1.40. The van der Waals surface area contributed by atoms with E-state index in [0.717, 1.165) is 16.3 Å². The maximum absolute atomic E-state index is 11.1. The van der Waals surface area contributed by atoms with Crippen molar-refractivity contribution in [1.82, 2.24) is 4.98 Å². The summed E-state index contributed by atoms with van der Waals surface area (Å²) in [4.78, 5) is 15.7. The smallest absolute Gasteiger partial charge is 0.348 e. The molecule has 6 heteroatoms. The minimum atomic E-state index is -0.982. The summed E-state index contributed by atoms with van der Waals surface area (Å²) in [6.45, 7) is 0. The summed E-state index contributed by atoms with van der Waals surface area (Å²) in [5.74, 6) is -0.982. The molecule has 0 aliphatic heterocycles. The van der Waals surface area contributed by atoms with Crippen molar-refractivity contribution in [3.8, 4) is 11.3 Å². The van der Waals surface area contributed by atoms with Crippen molar-refractivity contribution >= 4 is 44.8 Å². The van der Waals surface area contributed by atoms with E-state index in [1.165, 1.54) is 0 Å². The van der Waals surface area contributed by atoms with Gasteiger partial charge in [0.05, 0.1) is 16.0 Å². The third kappa shape index (κ3) is 2.51. The Morgan fingerprint density at radius 3 is 2.76 bits per heavy atom. The highest BCUT2D eigenvalue weighted by atomic mass is 79.9. The van der Waals surface area contributed by atoms with Crippen LogP contribution in [0.1, 0.15) is 14.7 Å². The van der Waals surface area contributed by atoms with E-state index in [1.54, 1.807) is 24.3 Å². The van der Waals surface area contributed by atoms with Gasteiger partial charge in [-0.2, -0.15) is 0 Å². The molecule has 88 valence electrons. The van der Waals surface area contributed by atoms with Crippen LogP contribution in [0.2, 0.25) is 5.02 Å². The highest BCUT2D eigenvalue weighted by Crippen LogP contribution is 2.33. The number of aromatic nitrogens is 1. The minimum absolute atomic E-state index is 0.215. The zero-order chi connectivity index (χ0) is 12.4. The van der Waals surface area contributed by atoms with Crippen LogP contribution in [-0.2, 0) is 5.33 Å². The van der Waals surface area contributed by atoms with Crippen molar-refractivity contribution in [3.63, 3.8) is 0 Å². The molecular weight excluding hydrogens is 326 g/mol. The maximum atomic E-state index is 11.1. The molecule has 1 heterocycles. The van der Waals surface area contributed by atoms with Crippen LogP contribution < -0.4 is 0 Å². The number of halogens is 2. The molecule has 0 bridgehead atoms. The summed E-state index contributed by atoms with van der Waals surface area (Å²) < 4.78 is 0. The molecule has 1 N–H and O–H groups in total. The van der Waals surface area contributed by atoms with Gasteiger partial charge in [-0.25, -0.2) is 9.78 Å². The van der Waals surface area contributed by atoms with Gasteiger partial charge >= 0.3 is 5.97 Å². The van der Waals surface area contributed by atoms with Gasteiger partial charge in [0.25, 0.3) is 0 Å². The number of benzene rings is 1. The lowest BCUT2D eigenvalue weighted by Gasteiger charge is -2.01. The molecule has 17 heavy (non-hydrogen) atoms. The summed E-state index contributed by atoms with van der Waals surface area (Å²) in [6.07, 6.45) is 0. The summed E-state index contributed by atoms with van der Waals surface area (Å²) in [5, 5.41) is 10.9. The van der Waals surface area contributed by atoms with E-state index in [2.05, 4.69) is 20.9 Å². The number of carbonyl (C=O) groups is 1. The van der Waals surface area contributed by atoms with E-state index in [-0.39, 0.29) is 4.88 Å². The number of rotatable bonds is 3. The van der Waals surface area contributed by atoms with Crippen LogP contribution in [0.5, 0.6) is 0 Å². The summed E-state index contributed by atoms with van der Waals surface area (Å²) in [7, 11) is 0. The molecule has 0 spiro atoms. The largest absolute Gasteiger partial charge is 0.477 e. The molecule has 0 saturated heterocycles. The number of aromatic carboxylic acids is 1. The SMILES string of the molecule is O=C(O)c1sc(CBr)nc1-c1ccccc1Cl. The lowest BCUT2D eigenvalue weighted by Crippen LogP contribution is -1.95. The van der Waals surface area contributed by atoms with Gasteiger partial charge in [-0.05, 0) is 6.07 Å². The van der Waals surface area contributed by atoms with Gasteiger partial charge in [0.15, 0.2) is 0 Å². The van der Waals surface area contributed by atoms with Crippen LogP contribution in [0.15, 0.2) is 24.3 Å². The average molecular weight is 333 g/mol. The lowest BCUT2D eigenvalue weighted by atomic mass is 10.1. The van der Waals surface area contributed by atoms with Crippen molar-refractivity contribution in [2.24, 2.45) is 0 Å². The second-order valence-corrected chi connectivity index (χ2v) is 5.26. The number of hydrogen-bond acceptors (Lipinski definition) is 3. The first kappa shape index (κ1) is 12.5. The predicted octanol–water partition coefficient (Wildman–Crippen LogP) is 4.06. The highest BCUT2D eigenvalue weighted by Gasteiger charge is 2.19. The highest BCUT2D eigenvalue weighted by molar-refractivity contribution is 9.08. The molecule has 0 amide bonds. The Balaban J connectivity index is 2.62. The molecule has 0 saturated carbocycles. The average Bonchev–Trinajstić information content (AvgIpc) is 2.73. The van der Waals surface area contributed by atoms with Gasteiger partial charge in [-0.3, -0.25) is 0 Å². The number of thiazole rings is 1. The first-order chi connectivity index (χ1) is 8.13. The lowest BCUT2D eigenvalue weighted by molar-refractivity contribution is 0.0702. The number of carboxylic acids is 1. The van der Waals surface area contributed by atoms with Crippen LogP contribution in [0.25, 0.3) is 11.3 Å². The Kier molecular flexibility index (Phi) is 3.81. The van der Waals surface area contributed by atoms with Crippen LogP contribution >= 0.6 is 38.9 Å². The van der Waals surface area contributed by atoms with Gasteiger partial charge in [0, 0.05) is 5.56 Å². The molecule has 0 atom stereocenters. The molecule has 0 radical (unpaired) electrons. The molecule has 0 aliphatic carbocycles. The fraction of sp³-hybridized carbons (Fsp3) is 0.0909. The van der Waals surface area contributed by atoms with Crippen molar-refractivity contribution in [1.29, 1.82) is 0 Å². The molecule has 1 aromatic heterocycles. The van der Waals surface area contributed by atoms with Gasteiger partial charge in [-0.1, -0.05) is 45.7 Å². The Morgan fingerprint density at radius 1 is 1.47 bits per heavy atom. The monoisotopic (exact) mass is 331 g/mol. The number of carboxylic acid groups (broad SMARTS) is 1. The molecule has 1 aromatic carbocycles. The molecule has 3 nitrogen and oxygen atoms in total. The molecule has 0 fully saturated rings. The second-order valence-electron chi connectivity index (χ2n) is 3.20. The topological polar surface area (TPSA) is 50.2 Å². The standard InChI is InChI=1S/C11H7BrClNO2S/c12-5-8-14-9(10(17-8)11(15)16)6-3-1-2-4-7(6)13/h1-4H,5H2,(H,15,16). The third-order valence-corrected chi connectivity index (χ3v) is 4.38. The predicted molar refractivity (Wildman–Crippen MR) is 72.2 cm³/mol. The third-order valence-electron chi connectivity index (χ3n) is 2.11. The van der Waals surface area contributed by atoms with Crippen LogP contribution in [0.4, 0.5) is 0 Å². The molecule has 0 unspecified atom stereocenters. The quantitative estimate of drug-likeness (QED) is 0.862. The summed E-state index contributed by atoms with van der Waals surface area (Å²) in [5.41, 5.74) is 1.08. The van der Waals surface area contributed by atoms with E-state index >= 15 is 0 Å². The Hall–Kier alpha value is -0.910. The molecule has 2 aromatic rings. The maximum Gasteiger partial charge on any atom is 0.348 e. The van der Waals surface area contributed by atoms with Crippen molar-refractivity contribution < 1.29 is 9.90 Å². The first-order valence-electron chi connectivity index (χ1n) is 4.67. The normalized spacial score (nSPS) is 10.5. The first-order valence-corrected chi connectivity index (χ1v) is 6.99. The molecular formula is C11H7BrClNO2S. The minimum Gasteiger partial charge on any atom is -0.477 e. The Labute approximate surface area is 115 Å². The van der Waals surface area contributed by atoms with Gasteiger partial charge in [0.1, 0.15) is 9.88 Å². The van der Waals surface area contributed by atoms with E-state index in [9.17, 15) is 4.79 Å². The van der Waals surface area contributed by atoms with E-state index in [0.29, 0.717) is 21.6 Å². The van der Waals surface area contributed by atoms with Gasteiger partial charge < -0.3 is 5.11 Å². The number of alkyl halides is 1. The van der Waals surface area contributed by atoms with Crippen LogP contribution in [-0.4, -0.2) is 16.1 Å². The van der Waals surface area contributed by atoms with E-state index in [4.69, 9.17) is 16.7 Å².